The number of carbonyl (C=O) groups is 1. The van der Waals surface area contributed by atoms with Gasteiger partial charge in [0.15, 0.2) is 0 Å². The molecule has 0 heterocycles. The van der Waals surface area contributed by atoms with Gasteiger partial charge in [0.1, 0.15) is 5.54 Å². The van der Waals surface area contributed by atoms with Gasteiger partial charge in [0.05, 0.1) is 0 Å². The summed E-state index contributed by atoms with van der Waals surface area (Å²) in [5.41, 5.74) is 1.27. The van der Waals surface area contributed by atoms with Crippen LogP contribution in [0.2, 0.25) is 0 Å². The molecular formula is C17H25NO2. The van der Waals surface area contributed by atoms with E-state index in [0.717, 1.165) is 24.9 Å². The topological polar surface area (TPSA) is 49.3 Å². The van der Waals surface area contributed by atoms with E-state index < -0.39 is 11.5 Å². The first-order valence-corrected chi connectivity index (χ1v) is 7.54. The van der Waals surface area contributed by atoms with Crippen LogP contribution in [0.4, 0.5) is 5.69 Å². The molecule has 110 valence electrons. The Balaban J connectivity index is 2.32. The summed E-state index contributed by atoms with van der Waals surface area (Å²) >= 11 is 0. The van der Waals surface area contributed by atoms with E-state index in [1.54, 1.807) is 0 Å². The predicted molar refractivity (Wildman–Crippen MR) is 82.0 cm³/mol. The van der Waals surface area contributed by atoms with Crippen LogP contribution in [-0.2, 0) is 4.79 Å². The Hall–Kier alpha value is -1.51. The highest BCUT2D eigenvalue weighted by Crippen LogP contribution is 2.41. The fourth-order valence-electron chi connectivity index (χ4n) is 3.47. The van der Waals surface area contributed by atoms with Crippen molar-refractivity contribution in [3.63, 3.8) is 0 Å². The van der Waals surface area contributed by atoms with Crippen LogP contribution in [0.15, 0.2) is 24.3 Å². The monoisotopic (exact) mass is 275 g/mol. The van der Waals surface area contributed by atoms with E-state index >= 15 is 0 Å². The van der Waals surface area contributed by atoms with Gasteiger partial charge >= 0.3 is 5.97 Å². The fourth-order valence-corrected chi connectivity index (χ4v) is 3.47. The lowest BCUT2D eigenvalue weighted by atomic mass is 9.67. The summed E-state index contributed by atoms with van der Waals surface area (Å²) in [6.07, 6.45) is 3.81. The molecule has 1 saturated carbocycles. The van der Waals surface area contributed by atoms with Crippen LogP contribution in [0.25, 0.3) is 0 Å². The van der Waals surface area contributed by atoms with Gasteiger partial charge in [-0.05, 0) is 43.7 Å². The van der Waals surface area contributed by atoms with Crippen LogP contribution >= 0.6 is 0 Å². The first-order chi connectivity index (χ1) is 9.45. The summed E-state index contributed by atoms with van der Waals surface area (Å²) in [6, 6.07) is 7.99. The molecule has 0 amide bonds. The molecule has 1 aliphatic carbocycles. The molecule has 3 nitrogen and oxygen atoms in total. The number of anilines is 1. The van der Waals surface area contributed by atoms with Crippen LogP contribution in [0.3, 0.4) is 0 Å². The highest BCUT2D eigenvalue weighted by Gasteiger charge is 2.48. The van der Waals surface area contributed by atoms with E-state index in [2.05, 4.69) is 19.2 Å². The second-order valence-electron chi connectivity index (χ2n) is 6.36. The largest absolute Gasteiger partial charge is 0.479 e. The average molecular weight is 275 g/mol. The Bertz CT molecular complexity index is 466. The van der Waals surface area contributed by atoms with Crippen molar-refractivity contribution in [2.45, 2.75) is 52.0 Å². The van der Waals surface area contributed by atoms with Crippen molar-refractivity contribution in [3.05, 3.63) is 29.8 Å². The minimum atomic E-state index is -0.818. The van der Waals surface area contributed by atoms with E-state index in [1.807, 2.05) is 31.2 Å². The highest BCUT2D eigenvalue weighted by molar-refractivity contribution is 5.83. The Morgan fingerprint density at radius 1 is 1.30 bits per heavy atom. The zero-order chi connectivity index (χ0) is 14.8. The number of aliphatic carboxylic acids is 1. The smallest absolute Gasteiger partial charge is 0.329 e. The molecule has 1 aromatic carbocycles. The van der Waals surface area contributed by atoms with Crippen molar-refractivity contribution in [1.82, 2.24) is 0 Å². The van der Waals surface area contributed by atoms with Crippen LogP contribution < -0.4 is 5.32 Å². The quantitative estimate of drug-likeness (QED) is 0.870. The van der Waals surface area contributed by atoms with Crippen LogP contribution in [0.5, 0.6) is 0 Å². The Morgan fingerprint density at radius 3 is 2.50 bits per heavy atom. The number of aryl methyl sites for hydroxylation is 1. The lowest BCUT2D eigenvalue weighted by molar-refractivity contribution is -0.146. The maximum Gasteiger partial charge on any atom is 0.329 e. The molecule has 1 aromatic rings. The summed E-state index contributed by atoms with van der Waals surface area (Å²) in [7, 11) is 0. The second-order valence-corrected chi connectivity index (χ2v) is 6.36. The normalized spacial score (nSPS) is 26.5. The molecule has 0 saturated heterocycles. The van der Waals surface area contributed by atoms with E-state index in [9.17, 15) is 9.90 Å². The lowest BCUT2D eigenvalue weighted by Gasteiger charge is -2.44. The summed E-state index contributed by atoms with van der Waals surface area (Å²) in [5.74, 6) is -0.170. The van der Waals surface area contributed by atoms with E-state index in [4.69, 9.17) is 0 Å². The van der Waals surface area contributed by atoms with Gasteiger partial charge in [-0.1, -0.05) is 44.4 Å². The highest BCUT2D eigenvalue weighted by atomic mass is 16.4. The molecular weight excluding hydrogens is 250 g/mol. The Kier molecular flexibility index (Phi) is 4.36. The molecule has 0 radical (unpaired) electrons. The SMILES string of the molecule is Cc1ccc(NC2(C(=O)O)CCCCC2C(C)C)cc1. The van der Waals surface area contributed by atoms with Gasteiger partial charge in [-0.3, -0.25) is 0 Å². The molecule has 1 aliphatic rings. The minimum Gasteiger partial charge on any atom is -0.479 e. The van der Waals surface area contributed by atoms with Crippen molar-refractivity contribution in [3.8, 4) is 0 Å². The van der Waals surface area contributed by atoms with Gasteiger partial charge in [-0.15, -0.1) is 0 Å². The molecule has 0 bridgehead atoms. The second kappa shape index (κ2) is 5.86. The van der Waals surface area contributed by atoms with Crippen molar-refractivity contribution in [1.29, 1.82) is 0 Å². The number of rotatable bonds is 4. The molecule has 3 heteroatoms. The maximum atomic E-state index is 12.0. The predicted octanol–water partition coefficient (Wildman–Crippen LogP) is 4.08. The molecule has 2 rings (SSSR count). The lowest BCUT2D eigenvalue weighted by Crippen LogP contribution is -2.55. The molecule has 0 aromatic heterocycles. The van der Waals surface area contributed by atoms with Crippen LogP contribution in [0.1, 0.15) is 45.1 Å². The van der Waals surface area contributed by atoms with E-state index in [0.29, 0.717) is 12.3 Å². The van der Waals surface area contributed by atoms with Gasteiger partial charge < -0.3 is 10.4 Å². The third-order valence-corrected chi connectivity index (χ3v) is 4.57. The van der Waals surface area contributed by atoms with Gasteiger partial charge in [0.2, 0.25) is 0 Å². The number of hydrogen-bond acceptors (Lipinski definition) is 2. The Labute approximate surface area is 121 Å². The van der Waals surface area contributed by atoms with E-state index in [-0.39, 0.29) is 5.92 Å². The zero-order valence-electron chi connectivity index (χ0n) is 12.6. The number of carboxylic acids is 1. The van der Waals surface area contributed by atoms with E-state index in [1.165, 1.54) is 5.56 Å². The number of nitrogens with one attached hydrogen (secondary N) is 1. The van der Waals surface area contributed by atoms with Crippen molar-refractivity contribution < 1.29 is 9.90 Å². The summed E-state index contributed by atoms with van der Waals surface area (Å²) in [5, 5.41) is 13.2. The van der Waals surface area contributed by atoms with Gasteiger partial charge in [-0.2, -0.15) is 0 Å². The standard InChI is InChI=1S/C17H25NO2/c1-12(2)15-6-4-5-11-17(15,16(19)20)18-14-9-7-13(3)8-10-14/h7-10,12,15,18H,4-6,11H2,1-3H3,(H,19,20). The molecule has 0 spiro atoms. The van der Waals surface area contributed by atoms with Crippen molar-refractivity contribution >= 4 is 11.7 Å². The molecule has 20 heavy (non-hydrogen) atoms. The minimum absolute atomic E-state index is 0.176. The van der Waals surface area contributed by atoms with Crippen LogP contribution in [-0.4, -0.2) is 16.6 Å². The summed E-state index contributed by atoms with van der Waals surface area (Å²) < 4.78 is 0. The fraction of sp³-hybridized carbons (Fsp3) is 0.588. The third-order valence-electron chi connectivity index (χ3n) is 4.57. The molecule has 1 fully saturated rings. The molecule has 0 aliphatic heterocycles. The summed E-state index contributed by atoms with van der Waals surface area (Å²) in [4.78, 5) is 12.0. The molecule has 2 atom stereocenters. The first-order valence-electron chi connectivity index (χ1n) is 7.54. The van der Waals surface area contributed by atoms with Crippen molar-refractivity contribution in [2.24, 2.45) is 11.8 Å². The maximum absolute atomic E-state index is 12.0. The number of benzene rings is 1. The number of hydrogen-bond donors (Lipinski definition) is 2. The van der Waals surface area contributed by atoms with Crippen molar-refractivity contribution in [2.75, 3.05) is 5.32 Å². The zero-order valence-corrected chi connectivity index (χ0v) is 12.6. The van der Waals surface area contributed by atoms with Gasteiger partial charge in [-0.25, -0.2) is 4.79 Å². The first kappa shape index (κ1) is 14.9. The van der Waals surface area contributed by atoms with Crippen LogP contribution in [0, 0.1) is 18.8 Å². The Morgan fingerprint density at radius 2 is 1.95 bits per heavy atom. The third kappa shape index (κ3) is 2.82. The average Bonchev–Trinajstić information content (AvgIpc) is 2.41. The number of carboxylic acid groups (broad SMARTS) is 1. The van der Waals surface area contributed by atoms with Gasteiger partial charge in [0, 0.05) is 5.69 Å². The van der Waals surface area contributed by atoms with Gasteiger partial charge in [0.25, 0.3) is 0 Å². The molecule has 2 N–H and O–H groups in total. The summed E-state index contributed by atoms with van der Waals surface area (Å²) in [6.45, 7) is 6.29. The molecule has 2 unspecified atom stereocenters.